The second-order valence-electron chi connectivity index (χ2n) is 4.76. The number of rotatable bonds is 4. The predicted molar refractivity (Wildman–Crippen MR) is 79.6 cm³/mol. The van der Waals surface area contributed by atoms with Gasteiger partial charge in [-0.05, 0) is 31.2 Å². The van der Waals surface area contributed by atoms with Crippen molar-refractivity contribution in [1.29, 1.82) is 0 Å². The van der Waals surface area contributed by atoms with Crippen molar-refractivity contribution >= 4 is 11.5 Å². The molecule has 114 valence electrons. The zero-order chi connectivity index (χ0) is 16.2. The van der Waals surface area contributed by atoms with E-state index in [1.807, 2.05) is 6.07 Å². The Bertz CT molecular complexity index is 673. The zero-order valence-corrected chi connectivity index (χ0v) is 11.8. The number of hydrogen-bond acceptors (Lipinski definition) is 2. The number of alkyl halides is 3. The Labute approximate surface area is 126 Å². The Balaban J connectivity index is 2.07. The second kappa shape index (κ2) is 6.47. The number of ketones is 1. The molecule has 1 N–H and O–H groups in total. The maximum Gasteiger partial charge on any atom is 0.416 e. The van der Waals surface area contributed by atoms with E-state index in [-0.39, 0.29) is 5.78 Å². The summed E-state index contributed by atoms with van der Waals surface area (Å²) in [6, 6.07) is 13.4. The summed E-state index contributed by atoms with van der Waals surface area (Å²) >= 11 is 0. The lowest BCUT2D eigenvalue weighted by Gasteiger charge is -2.09. The summed E-state index contributed by atoms with van der Waals surface area (Å²) < 4.78 is 37.4. The highest BCUT2D eigenvalue weighted by Gasteiger charge is 2.29. The quantitative estimate of drug-likeness (QED) is 0.642. The second-order valence-corrected chi connectivity index (χ2v) is 4.76. The molecule has 2 aromatic rings. The molecular formula is C17H14F3NO. The summed E-state index contributed by atoms with van der Waals surface area (Å²) in [5, 5.41) is 2.89. The van der Waals surface area contributed by atoms with Crippen molar-refractivity contribution in [3.8, 4) is 0 Å². The Morgan fingerprint density at radius 3 is 2.14 bits per heavy atom. The Hall–Kier alpha value is -2.56. The zero-order valence-electron chi connectivity index (χ0n) is 11.8. The van der Waals surface area contributed by atoms with E-state index in [1.165, 1.54) is 18.2 Å². The van der Waals surface area contributed by atoms with Crippen LogP contribution in [-0.4, -0.2) is 5.78 Å². The van der Waals surface area contributed by atoms with Crippen LogP contribution in [0.15, 0.2) is 66.4 Å². The van der Waals surface area contributed by atoms with Crippen molar-refractivity contribution in [2.45, 2.75) is 13.1 Å². The molecule has 22 heavy (non-hydrogen) atoms. The topological polar surface area (TPSA) is 29.1 Å². The lowest BCUT2D eigenvalue weighted by atomic mass is 10.1. The van der Waals surface area contributed by atoms with Crippen molar-refractivity contribution < 1.29 is 18.0 Å². The molecule has 0 aliphatic heterocycles. The molecule has 0 aliphatic rings. The van der Waals surface area contributed by atoms with Gasteiger partial charge in [-0.15, -0.1) is 0 Å². The van der Waals surface area contributed by atoms with E-state index in [0.29, 0.717) is 16.9 Å². The highest BCUT2D eigenvalue weighted by Crippen LogP contribution is 2.29. The molecule has 0 saturated heterocycles. The van der Waals surface area contributed by atoms with Crippen LogP contribution >= 0.6 is 0 Å². The number of anilines is 1. The largest absolute Gasteiger partial charge is 0.416 e. The smallest absolute Gasteiger partial charge is 0.359 e. The lowest BCUT2D eigenvalue weighted by molar-refractivity contribution is -0.137. The van der Waals surface area contributed by atoms with Crippen molar-refractivity contribution in [1.82, 2.24) is 0 Å². The first-order chi connectivity index (χ1) is 10.4. The summed E-state index contributed by atoms with van der Waals surface area (Å²) in [5.74, 6) is -0.169. The molecule has 0 spiro atoms. The highest BCUT2D eigenvalue weighted by molar-refractivity contribution is 6.05. The fraction of sp³-hybridized carbons (Fsp3) is 0.118. The van der Waals surface area contributed by atoms with Crippen LogP contribution in [0.3, 0.4) is 0 Å². The van der Waals surface area contributed by atoms with Crippen molar-refractivity contribution in [2.24, 2.45) is 0 Å². The third kappa shape index (κ3) is 4.22. The summed E-state index contributed by atoms with van der Waals surface area (Å²) in [6.45, 7) is 1.68. The first-order valence-electron chi connectivity index (χ1n) is 6.58. The first-order valence-corrected chi connectivity index (χ1v) is 6.58. The molecule has 0 radical (unpaired) electrons. The highest BCUT2D eigenvalue weighted by atomic mass is 19.4. The van der Waals surface area contributed by atoms with E-state index >= 15 is 0 Å². The van der Waals surface area contributed by atoms with Crippen LogP contribution in [0.1, 0.15) is 22.8 Å². The fourth-order valence-corrected chi connectivity index (χ4v) is 1.89. The van der Waals surface area contributed by atoms with Gasteiger partial charge >= 0.3 is 6.18 Å². The standard InChI is InChI=1S/C17H14F3NO/c1-12(11-16(22)13-5-3-2-4-6-13)21-15-9-7-14(8-10-15)17(18,19)20/h2-11,21H,1H3/b12-11+. The molecule has 0 saturated carbocycles. The lowest BCUT2D eigenvalue weighted by Crippen LogP contribution is -2.05. The van der Waals surface area contributed by atoms with Gasteiger partial charge in [-0.25, -0.2) is 0 Å². The summed E-state index contributed by atoms with van der Waals surface area (Å²) in [5.41, 5.74) is 0.882. The van der Waals surface area contributed by atoms with Gasteiger partial charge in [0.25, 0.3) is 0 Å². The number of carbonyl (C=O) groups excluding carboxylic acids is 1. The summed E-state index contributed by atoms with van der Waals surface area (Å²) in [6.07, 6.45) is -2.94. The molecule has 0 amide bonds. The molecule has 5 heteroatoms. The third-order valence-electron chi connectivity index (χ3n) is 2.96. The number of halogens is 3. The molecule has 2 aromatic carbocycles. The van der Waals surface area contributed by atoms with Gasteiger partial charge in [0.1, 0.15) is 0 Å². The normalized spacial score (nSPS) is 12.1. The SMILES string of the molecule is C/C(=C\C(=O)c1ccccc1)Nc1ccc(C(F)(F)F)cc1. The molecule has 0 bridgehead atoms. The van der Waals surface area contributed by atoms with Crippen LogP contribution in [0.4, 0.5) is 18.9 Å². The van der Waals surface area contributed by atoms with Gasteiger partial charge in [0, 0.05) is 23.0 Å². The van der Waals surface area contributed by atoms with Gasteiger partial charge in [-0.2, -0.15) is 13.2 Å². The molecule has 2 nitrogen and oxygen atoms in total. The van der Waals surface area contributed by atoms with Gasteiger partial charge < -0.3 is 5.32 Å². The van der Waals surface area contributed by atoms with Crippen molar-refractivity contribution in [3.05, 3.63) is 77.5 Å². The van der Waals surface area contributed by atoms with E-state index in [2.05, 4.69) is 5.32 Å². The van der Waals surface area contributed by atoms with E-state index in [9.17, 15) is 18.0 Å². The molecule has 0 heterocycles. The van der Waals surface area contributed by atoms with Gasteiger partial charge in [0.2, 0.25) is 0 Å². The van der Waals surface area contributed by atoms with Crippen LogP contribution in [0.2, 0.25) is 0 Å². The average Bonchev–Trinajstić information content (AvgIpc) is 2.47. The van der Waals surface area contributed by atoms with Crippen LogP contribution in [0.25, 0.3) is 0 Å². The van der Waals surface area contributed by atoms with Gasteiger partial charge in [0.05, 0.1) is 5.56 Å². The molecule has 0 fully saturated rings. The third-order valence-corrected chi connectivity index (χ3v) is 2.96. The Morgan fingerprint density at radius 2 is 1.59 bits per heavy atom. The number of nitrogens with one attached hydrogen (secondary N) is 1. The number of benzene rings is 2. The minimum absolute atomic E-state index is 0.169. The number of hydrogen-bond donors (Lipinski definition) is 1. The first kappa shape index (κ1) is 15.8. The fourth-order valence-electron chi connectivity index (χ4n) is 1.89. The van der Waals surface area contributed by atoms with Gasteiger partial charge in [-0.1, -0.05) is 30.3 Å². The number of allylic oxidation sites excluding steroid dienone is 2. The molecule has 2 rings (SSSR count). The van der Waals surface area contributed by atoms with Crippen LogP contribution in [-0.2, 0) is 6.18 Å². The van der Waals surface area contributed by atoms with Gasteiger partial charge in [0.15, 0.2) is 5.78 Å². The van der Waals surface area contributed by atoms with E-state index in [4.69, 9.17) is 0 Å². The molecule has 0 atom stereocenters. The van der Waals surface area contributed by atoms with Gasteiger partial charge in [-0.3, -0.25) is 4.79 Å². The van der Waals surface area contributed by atoms with E-state index < -0.39 is 11.7 Å². The van der Waals surface area contributed by atoms with E-state index in [0.717, 1.165) is 12.1 Å². The monoisotopic (exact) mass is 305 g/mol. The summed E-state index contributed by atoms with van der Waals surface area (Å²) in [4.78, 5) is 12.0. The maximum atomic E-state index is 12.5. The number of carbonyl (C=O) groups is 1. The maximum absolute atomic E-state index is 12.5. The van der Waals surface area contributed by atoms with Crippen LogP contribution < -0.4 is 5.32 Å². The van der Waals surface area contributed by atoms with Crippen molar-refractivity contribution in [2.75, 3.05) is 5.32 Å². The minimum atomic E-state index is -4.35. The molecule has 0 aromatic heterocycles. The van der Waals surface area contributed by atoms with Crippen molar-refractivity contribution in [3.63, 3.8) is 0 Å². The molecule has 0 aliphatic carbocycles. The average molecular weight is 305 g/mol. The van der Waals surface area contributed by atoms with Crippen LogP contribution in [0, 0.1) is 0 Å². The van der Waals surface area contributed by atoms with Crippen LogP contribution in [0.5, 0.6) is 0 Å². The Morgan fingerprint density at radius 1 is 1.00 bits per heavy atom. The van der Waals surface area contributed by atoms with E-state index in [1.54, 1.807) is 31.2 Å². The Kier molecular flexibility index (Phi) is 4.65. The summed E-state index contributed by atoms with van der Waals surface area (Å²) in [7, 11) is 0. The predicted octanol–water partition coefficient (Wildman–Crippen LogP) is 4.90. The molecular weight excluding hydrogens is 291 g/mol. The minimum Gasteiger partial charge on any atom is -0.359 e. The molecule has 0 unspecified atom stereocenters.